The highest BCUT2D eigenvalue weighted by atomic mass is 16.5. The van der Waals surface area contributed by atoms with Gasteiger partial charge >= 0.3 is 0 Å². The summed E-state index contributed by atoms with van der Waals surface area (Å²) in [6, 6.07) is 15.4. The van der Waals surface area contributed by atoms with E-state index in [2.05, 4.69) is 22.7 Å². The Hall–Kier alpha value is -3.61. The van der Waals surface area contributed by atoms with Crippen molar-refractivity contribution in [1.82, 2.24) is 9.78 Å². The number of benzene rings is 2. The third-order valence-corrected chi connectivity index (χ3v) is 4.82. The van der Waals surface area contributed by atoms with Crippen LogP contribution in [0.4, 0.5) is 11.4 Å². The van der Waals surface area contributed by atoms with Crippen LogP contribution in [0.3, 0.4) is 0 Å². The number of unbranched alkanes of at least 4 members (excludes halogenated alkanes) is 2. The van der Waals surface area contributed by atoms with E-state index >= 15 is 0 Å². The first kappa shape index (κ1) is 22.1. The molecule has 1 atom stereocenters. The largest absolute Gasteiger partial charge is 0.494 e. The highest BCUT2D eigenvalue weighted by molar-refractivity contribution is 6.04. The Balaban J connectivity index is 1.56. The van der Waals surface area contributed by atoms with Crippen molar-refractivity contribution in [1.29, 1.82) is 0 Å². The van der Waals surface area contributed by atoms with Crippen molar-refractivity contribution >= 4 is 23.2 Å². The monoisotopic (exact) mass is 420 g/mol. The Labute approximate surface area is 182 Å². The van der Waals surface area contributed by atoms with Crippen LogP contribution in [0.5, 0.6) is 5.75 Å². The van der Waals surface area contributed by atoms with E-state index in [0.717, 1.165) is 25.0 Å². The van der Waals surface area contributed by atoms with Gasteiger partial charge in [-0.1, -0.05) is 25.8 Å². The minimum absolute atomic E-state index is 0.193. The number of amides is 2. The number of nitrogens with zero attached hydrogens (tertiary/aromatic N) is 2. The van der Waals surface area contributed by atoms with Gasteiger partial charge in [-0.3, -0.25) is 14.3 Å². The van der Waals surface area contributed by atoms with Crippen molar-refractivity contribution in [2.24, 2.45) is 0 Å². The van der Waals surface area contributed by atoms with Gasteiger partial charge in [-0.05, 0) is 61.9 Å². The van der Waals surface area contributed by atoms with Crippen LogP contribution in [0.2, 0.25) is 0 Å². The highest BCUT2D eigenvalue weighted by Gasteiger charge is 2.15. The van der Waals surface area contributed by atoms with Gasteiger partial charge in [-0.15, -0.1) is 0 Å². The Bertz CT molecular complexity index is 984. The van der Waals surface area contributed by atoms with Crippen molar-refractivity contribution in [3.63, 3.8) is 0 Å². The first-order valence-corrected chi connectivity index (χ1v) is 10.5. The number of hydrogen-bond acceptors (Lipinski definition) is 4. The van der Waals surface area contributed by atoms with Crippen molar-refractivity contribution < 1.29 is 14.3 Å². The third kappa shape index (κ3) is 6.44. The number of aromatic nitrogens is 2. The molecule has 2 aromatic carbocycles. The molecule has 2 amide bonds. The van der Waals surface area contributed by atoms with Crippen molar-refractivity contribution in [3.05, 3.63) is 72.6 Å². The summed E-state index contributed by atoms with van der Waals surface area (Å²) in [6.45, 7) is 4.60. The molecule has 0 saturated heterocycles. The maximum absolute atomic E-state index is 12.6. The molecule has 0 aliphatic heterocycles. The number of carbonyl (C=O) groups excluding carboxylic acids is 2. The lowest BCUT2D eigenvalue weighted by Gasteiger charge is -2.13. The van der Waals surface area contributed by atoms with Crippen LogP contribution in [-0.2, 0) is 4.79 Å². The lowest BCUT2D eigenvalue weighted by Crippen LogP contribution is -2.24. The summed E-state index contributed by atoms with van der Waals surface area (Å²) in [5.41, 5.74) is 1.72. The Morgan fingerprint density at radius 1 is 1.03 bits per heavy atom. The van der Waals surface area contributed by atoms with E-state index in [9.17, 15) is 9.59 Å². The summed E-state index contributed by atoms with van der Waals surface area (Å²) >= 11 is 0. The van der Waals surface area contributed by atoms with Gasteiger partial charge in [-0.25, -0.2) is 0 Å². The van der Waals surface area contributed by atoms with E-state index < -0.39 is 6.04 Å². The molecule has 0 radical (unpaired) electrons. The summed E-state index contributed by atoms with van der Waals surface area (Å²) in [4.78, 5) is 25.0. The van der Waals surface area contributed by atoms with Gasteiger partial charge in [0.2, 0.25) is 5.91 Å². The molecule has 0 aliphatic rings. The molecule has 3 aromatic rings. The molecule has 0 spiro atoms. The molecule has 1 unspecified atom stereocenters. The number of ether oxygens (including phenoxy) is 1. The van der Waals surface area contributed by atoms with Crippen LogP contribution in [-0.4, -0.2) is 28.2 Å². The molecule has 162 valence electrons. The van der Waals surface area contributed by atoms with Gasteiger partial charge in [-0.2, -0.15) is 5.10 Å². The fourth-order valence-electron chi connectivity index (χ4n) is 3.00. The first-order valence-electron chi connectivity index (χ1n) is 10.5. The number of hydrogen-bond donors (Lipinski definition) is 2. The van der Waals surface area contributed by atoms with Crippen molar-refractivity contribution in [2.75, 3.05) is 17.2 Å². The normalized spacial score (nSPS) is 11.5. The molecule has 0 fully saturated rings. The molecule has 7 nitrogen and oxygen atoms in total. The summed E-state index contributed by atoms with van der Waals surface area (Å²) < 4.78 is 7.26. The fourth-order valence-corrected chi connectivity index (χ4v) is 3.00. The van der Waals surface area contributed by atoms with Crippen molar-refractivity contribution in [2.45, 2.75) is 39.2 Å². The zero-order valence-corrected chi connectivity index (χ0v) is 17.9. The zero-order valence-electron chi connectivity index (χ0n) is 17.9. The molecule has 3 rings (SSSR count). The number of nitrogens with one attached hydrogen (secondary N) is 2. The lowest BCUT2D eigenvalue weighted by atomic mass is 10.2. The minimum atomic E-state index is -0.448. The summed E-state index contributed by atoms with van der Waals surface area (Å²) in [7, 11) is 0. The average molecular weight is 421 g/mol. The van der Waals surface area contributed by atoms with Gasteiger partial charge in [0, 0.05) is 29.3 Å². The smallest absolute Gasteiger partial charge is 0.255 e. The molecular weight excluding hydrogens is 392 g/mol. The van der Waals surface area contributed by atoms with Crippen LogP contribution >= 0.6 is 0 Å². The fraction of sp³-hybridized carbons (Fsp3) is 0.292. The predicted molar refractivity (Wildman–Crippen MR) is 121 cm³/mol. The Morgan fingerprint density at radius 2 is 1.77 bits per heavy atom. The highest BCUT2D eigenvalue weighted by Crippen LogP contribution is 2.19. The molecule has 1 heterocycles. The van der Waals surface area contributed by atoms with E-state index in [1.54, 1.807) is 78.6 Å². The molecule has 0 aliphatic carbocycles. The number of carbonyl (C=O) groups is 2. The molecule has 0 saturated carbocycles. The van der Waals surface area contributed by atoms with E-state index in [-0.39, 0.29) is 11.8 Å². The maximum Gasteiger partial charge on any atom is 0.255 e. The molecule has 2 N–H and O–H groups in total. The van der Waals surface area contributed by atoms with Gasteiger partial charge in [0.1, 0.15) is 11.8 Å². The van der Waals surface area contributed by atoms with E-state index in [1.165, 1.54) is 0 Å². The Kier molecular flexibility index (Phi) is 7.81. The lowest BCUT2D eigenvalue weighted by molar-refractivity contribution is -0.119. The summed E-state index contributed by atoms with van der Waals surface area (Å²) in [5.74, 6) is 0.330. The Morgan fingerprint density at radius 3 is 2.45 bits per heavy atom. The second kappa shape index (κ2) is 11.0. The maximum atomic E-state index is 12.6. The molecule has 0 bridgehead atoms. The minimum Gasteiger partial charge on any atom is -0.494 e. The standard InChI is InChI=1S/C24H28N4O3/c1-3-4-5-16-31-22-12-10-19(11-13-22)24(30)27-21-9-6-8-20(17-21)26-23(29)18(2)28-15-7-14-25-28/h6-15,17-18H,3-5,16H2,1-2H3,(H,26,29)(H,27,30). The topological polar surface area (TPSA) is 85.3 Å². The van der Waals surface area contributed by atoms with Crippen LogP contribution in [0, 0.1) is 0 Å². The number of rotatable bonds is 10. The second-order valence-electron chi connectivity index (χ2n) is 7.27. The van der Waals surface area contributed by atoms with E-state index in [4.69, 9.17) is 4.74 Å². The van der Waals surface area contributed by atoms with E-state index in [1.807, 2.05) is 0 Å². The number of anilines is 2. The van der Waals surface area contributed by atoms with Gasteiger partial charge < -0.3 is 15.4 Å². The molecular formula is C24H28N4O3. The van der Waals surface area contributed by atoms with Gasteiger partial charge in [0.05, 0.1) is 6.61 Å². The third-order valence-electron chi connectivity index (χ3n) is 4.82. The second-order valence-corrected chi connectivity index (χ2v) is 7.27. The average Bonchev–Trinajstić information content (AvgIpc) is 3.32. The van der Waals surface area contributed by atoms with Gasteiger partial charge in [0.15, 0.2) is 0 Å². The van der Waals surface area contributed by atoms with Crippen LogP contribution in [0.15, 0.2) is 67.0 Å². The quantitative estimate of drug-likeness (QED) is 0.457. The van der Waals surface area contributed by atoms with Crippen molar-refractivity contribution in [3.8, 4) is 5.75 Å². The predicted octanol–water partition coefficient (Wildman–Crippen LogP) is 4.90. The SMILES string of the molecule is CCCCCOc1ccc(C(=O)Nc2cccc(NC(=O)C(C)n3cccn3)c2)cc1. The zero-order chi connectivity index (χ0) is 22.1. The van der Waals surface area contributed by atoms with E-state index in [0.29, 0.717) is 23.5 Å². The summed E-state index contributed by atoms with van der Waals surface area (Å²) in [6.07, 6.45) is 6.68. The van der Waals surface area contributed by atoms with Crippen LogP contribution in [0.1, 0.15) is 49.5 Å². The molecule has 1 aromatic heterocycles. The van der Waals surface area contributed by atoms with Crippen LogP contribution < -0.4 is 15.4 Å². The molecule has 31 heavy (non-hydrogen) atoms. The summed E-state index contributed by atoms with van der Waals surface area (Å²) in [5, 5.41) is 9.80. The molecule has 7 heteroatoms. The van der Waals surface area contributed by atoms with Crippen LogP contribution in [0.25, 0.3) is 0 Å². The van der Waals surface area contributed by atoms with Gasteiger partial charge in [0.25, 0.3) is 5.91 Å². The first-order chi connectivity index (χ1) is 15.1.